The van der Waals surface area contributed by atoms with E-state index in [4.69, 9.17) is 14.2 Å². The molecule has 4 rings (SSSR count). The lowest BCUT2D eigenvalue weighted by Gasteiger charge is -2.11. The van der Waals surface area contributed by atoms with Gasteiger partial charge in [-0.2, -0.15) is 14.6 Å². The number of rotatable bonds is 9. The molecule has 0 spiro atoms. The molecular weight excluding hydrogens is 454 g/mol. The highest BCUT2D eigenvalue weighted by Crippen LogP contribution is 2.29. The predicted molar refractivity (Wildman–Crippen MR) is 131 cm³/mol. The van der Waals surface area contributed by atoms with Crippen molar-refractivity contribution in [1.29, 1.82) is 0 Å². The number of hydrogen-bond acceptors (Lipinski definition) is 8. The number of hydrogen-bond donors (Lipinski definition) is 0. The van der Waals surface area contributed by atoms with Gasteiger partial charge in [0.1, 0.15) is 11.4 Å². The highest BCUT2D eigenvalue weighted by Gasteiger charge is 2.12. The van der Waals surface area contributed by atoms with Gasteiger partial charge in [-0.1, -0.05) is 36.5 Å². The Balaban J connectivity index is 1.70. The smallest absolute Gasteiger partial charge is 0.296 e. The van der Waals surface area contributed by atoms with E-state index in [1.807, 2.05) is 56.3 Å². The Morgan fingerprint density at radius 2 is 1.82 bits per heavy atom. The second kappa shape index (κ2) is 10.5. The first-order valence-corrected chi connectivity index (χ1v) is 11.8. The Morgan fingerprint density at radius 3 is 2.53 bits per heavy atom. The van der Waals surface area contributed by atoms with Gasteiger partial charge in [-0.05, 0) is 54.8 Å². The summed E-state index contributed by atoms with van der Waals surface area (Å²) in [5.41, 5.74) is 1.08. The molecule has 176 valence electrons. The van der Waals surface area contributed by atoms with Gasteiger partial charge in [-0.15, -0.1) is 0 Å². The normalized spacial score (nSPS) is 11.7. The third-order valence-electron chi connectivity index (χ3n) is 5.01. The van der Waals surface area contributed by atoms with Gasteiger partial charge in [0.05, 0.1) is 24.9 Å². The molecule has 0 aliphatic heterocycles. The topological polar surface area (TPSA) is 92.0 Å². The largest absolute Gasteiger partial charge is 0.497 e. The Morgan fingerprint density at radius 1 is 1.03 bits per heavy atom. The third kappa shape index (κ3) is 5.09. The first-order valence-electron chi connectivity index (χ1n) is 11.0. The van der Waals surface area contributed by atoms with Crippen LogP contribution in [0.5, 0.6) is 17.2 Å². The van der Waals surface area contributed by atoms with Crippen LogP contribution in [-0.2, 0) is 6.42 Å². The first-order chi connectivity index (χ1) is 16.5. The van der Waals surface area contributed by atoms with E-state index in [1.165, 1.54) is 4.52 Å². The number of thiazole rings is 1. The van der Waals surface area contributed by atoms with Crippen LogP contribution in [-0.4, -0.2) is 34.9 Å². The average Bonchev–Trinajstić information content (AvgIpc) is 3.13. The van der Waals surface area contributed by atoms with Crippen LogP contribution in [0, 0.1) is 0 Å². The molecule has 0 fully saturated rings. The summed E-state index contributed by atoms with van der Waals surface area (Å²) in [6.45, 7) is 5.03. The van der Waals surface area contributed by atoms with Gasteiger partial charge in [0.15, 0.2) is 11.5 Å². The quantitative estimate of drug-likeness (QED) is 0.365. The van der Waals surface area contributed by atoms with Gasteiger partial charge in [0.2, 0.25) is 4.96 Å². The summed E-state index contributed by atoms with van der Waals surface area (Å²) in [7, 11) is 1.59. The Hall–Kier alpha value is -3.72. The highest BCUT2D eigenvalue weighted by molar-refractivity contribution is 7.15. The summed E-state index contributed by atoms with van der Waals surface area (Å²) in [5.74, 6) is 2.00. The van der Waals surface area contributed by atoms with Gasteiger partial charge in [-0.25, -0.2) is 0 Å². The molecule has 0 saturated heterocycles. The van der Waals surface area contributed by atoms with E-state index >= 15 is 0 Å². The van der Waals surface area contributed by atoms with Gasteiger partial charge >= 0.3 is 0 Å². The van der Waals surface area contributed by atoms with Crippen molar-refractivity contribution in [3.63, 3.8) is 0 Å². The molecule has 4 aromatic rings. The minimum Gasteiger partial charge on any atom is -0.497 e. The van der Waals surface area contributed by atoms with Crippen molar-refractivity contribution in [3.05, 3.63) is 84.5 Å². The Labute approximate surface area is 200 Å². The van der Waals surface area contributed by atoms with Crippen molar-refractivity contribution < 1.29 is 14.2 Å². The molecule has 0 bridgehead atoms. The van der Waals surface area contributed by atoms with Gasteiger partial charge in [-0.3, -0.25) is 9.59 Å². The standard InChI is InChI=1S/C25H25N3O5S/c1-4-12-33-20-11-8-17(14-21(20)32-5-2)15-22-24(30)28-25(34-22)26-23(29)19(27-28)13-16-6-9-18(31-3)10-7-16/h6-11,14-15H,4-5,12-13H2,1-3H3/b22-15+. The van der Waals surface area contributed by atoms with Crippen molar-refractivity contribution in [2.75, 3.05) is 20.3 Å². The molecule has 34 heavy (non-hydrogen) atoms. The van der Waals surface area contributed by atoms with Crippen molar-refractivity contribution in [3.8, 4) is 17.2 Å². The van der Waals surface area contributed by atoms with E-state index < -0.39 is 5.56 Å². The molecule has 2 heterocycles. The van der Waals surface area contributed by atoms with Crippen LogP contribution < -0.4 is 29.9 Å². The van der Waals surface area contributed by atoms with Crippen LogP contribution in [0.25, 0.3) is 11.0 Å². The fourth-order valence-electron chi connectivity index (χ4n) is 3.35. The molecule has 0 amide bonds. The van der Waals surface area contributed by atoms with E-state index in [0.717, 1.165) is 34.6 Å². The molecule has 0 saturated carbocycles. The third-order valence-corrected chi connectivity index (χ3v) is 5.97. The van der Waals surface area contributed by atoms with E-state index in [2.05, 4.69) is 10.1 Å². The lowest BCUT2D eigenvalue weighted by molar-refractivity contribution is 0.277. The Kier molecular flexibility index (Phi) is 7.22. The zero-order chi connectivity index (χ0) is 24.1. The van der Waals surface area contributed by atoms with E-state index in [9.17, 15) is 9.59 Å². The maximum absolute atomic E-state index is 13.0. The lowest BCUT2D eigenvalue weighted by Crippen LogP contribution is -2.28. The summed E-state index contributed by atoms with van der Waals surface area (Å²) in [4.78, 5) is 29.9. The van der Waals surface area contributed by atoms with Crippen molar-refractivity contribution in [2.24, 2.45) is 0 Å². The van der Waals surface area contributed by atoms with E-state index in [1.54, 1.807) is 13.2 Å². The SMILES string of the molecule is CCCOc1ccc(/C=c2/sc3nc(=O)c(Cc4ccc(OC)cc4)nn3c2=O)cc1OCC. The number of nitrogens with zero attached hydrogens (tertiary/aromatic N) is 3. The number of fused-ring (bicyclic) bond motifs is 1. The molecule has 2 aromatic carbocycles. The molecule has 0 N–H and O–H groups in total. The highest BCUT2D eigenvalue weighted by atomic mass is 32.1. The summed E-state index contributed by atoms with van der Waals surface area (Å²) in [5, 5.41) is 4.31. The van der Waals surface area contributed by atoms with Crippen molar-refractivity contribution >= 4 is 22.4 Å². The molecule has 2 aromatic heterocycles. The summed E-state index contributed by atoms with van der Waals surface area (Å²) in [6, 6.07) is 12.8. The Bertz CT molecular complexity index is 1460. The second-order valence-electron chi connectivity index (χ2n) is 7.49. The molecule has 8 nitrogen and oxygen atoms in total. The molecular formula is C25H25N3O5S. The summed E-state index contributed by atoms with van der Waals surface area (Å²) < 4.78 is 18.2. The average molecular weight is 480 g/mol. The van der Waals surface area contributed by atoms with Crippen LogP contribution in [0.15, 0.2) is 52.1 Å². The van der Waals surface area contributed by atoms with E-state index in [0.29, 0.717) is 29.2 Å². The minimum absolute atomic E-state index is 0.208. The zero-order valence-electron chi connectivity index (χ0n) is 19.2. The number of aromatic nitrogens is 3. The van der Waals surface area contributed by atoms with Crippen molar-refractivity contribution in [1.82, 2.24) is 14.6 Å². The van der Waals surface area contributed by atoms with Gasteiger partial charge in [0.25, 0.3) is 11.1 Å². The van der Waals surface area contributed by atoms with Crippen LogP contribution in [0.3, 0.4) is 0 Å². The second-order valence-corrected chi connectivity index (χ2v) is 8.50. The van der Waals surface area contributed by atoms with Crippen LogP contribution in [0.1, 0.15) is 37.1 Å². The summed E-state index contributed by atoms with van der Waals surface area (Å²) >= 11 is 1.12. The number of benzene rings is 2. The maximum atomic E-state index is 13.0. The van der Waals surface area contributed by atoms with Gasteiger partial charge < -0.3 is 14.2 Å². The summed E-state index contributed by atoms with van der Waals surface area (Å²) in [6.07, 6.45) is 2.90. The monoisotopic (exact) mass is 479 g/mol. The van der Waals surface area contributed by atoms with Crippen molar-refractivity contribution in [2.45, 2.75) is 26.7 Å². The van der Waals surface area contributed by atoms with E-state index in [-0.39, 0.29) is 22.6 Å². The zero-order valence-corrected chi connectivity index (χ0v) is 20.1. The molecule has 0 unspecified atom stereocenters. The number of methoxy groups -OCH3 is 1. The predicted octanol–water partition coefficient (Wildman–Crippen LogP) is 2.85. The fraction of sp³-hybridized carbons (Fsp3) is 0.280. The molecule has 9 heteroatoms. The van der Waals surface area contributed by atoms with Gasteiger partial charge in [0, 0.05) is 6.42 Å². The maximum Gasteiger partial charge on any atom is 0.296 e. The van der Waals surface area contributed by atoms with Crippen LogP contribution in [0.4, 0.5) is 0 Å². The lowest BCUT2D eigenvalue weighted by atomic mass is 10.1. The minimum atomic E-state index is -0.445. The van der Waals surface area contributed by atoms with Crippen LogP contribution in [0.2, 0.25) is 0 Å². The molecule has 0 aliphatic rings. The fourth-order valence-corrected chi connectivity index (χ4v) is 4.26. The number of ether oxygens (including phenoxy) is 3. The van der Waals surface area contributed by atoms with Crippen LogP contribution >= 0.6 is 11.3 Å². The molecule has 0 radical (unpaired) electrons. The first kappa shape index (κ1) is 23.4. The molecule has 0 atom stereocenters. The molecule has 0 aliphatic carbocycles.